The van der Waals surface area contributed by atoms with Crippen molar-refractivity contribution in [2.75, 3.05) is 39.3 Å². The molecule has 0 atom stereocenters. The van der Waals surface area contributed by atoms with Crippen LogP contribution in [-0.4, -0.2) is 66.7 Å². The number of hydrogen-bond acceptors (Lipinski definition) is 4. The summed E-state index contributed by atoms with van der Waals surface area (Å²) in [6.45, 7) is 11.9. The molecule has 0 radical (unpaired) electrons. The Balaban J connectivity index is 2.23. The molecule has 1 fully saturated rings. The zero-order chi connectivity index (χ0) is 15.2. The lowest BCUT2D eigenvalue weighted by atomic mass is 10.2. The molecule has 1 rings (SSSR count). The molecule has 1 aliphatic rings. The summed E-state index contributed by atoms with van der Waals surface area (Å²) in [5.41, 5.74) is -0.446. The van der Waals surface area contributed by atoms with Gasteiger partial charge in [-0.15, -0.1) is 0 Å². The summed E-state index contributed by atoms with van der Waals surface area (Å²) >= 11 is 0. The Morgan fingerprint density at radius 3 is 2.25 bits per heavy atom. The number of rotatable bonds is 4. The molecule has 0 aromatic heterocycles. The van der Waals surface area contributed by atoms with Crippen LogP contribution in [0.4, 0.5) is 4.79 Å². The van der Waals surface area contributed by atoms with Crippen molar-refractivity contribution in [3.05, 3.63) is 0 Å². The first-order chi connectivity index (χ1) is 9.31. The van der Waals surface area contributed by atoms with Gasteiger partial charge >= 0.3 is 6.09 Å². The molecule has 0 aromatic carbocycles. The number of carbonyl (C=O) groups excluding carboxylic acids is 2. The molecule has 1 heterocycles. The van der Waals surface area contributed by atoms with Gasteiger partial charge in [0.1, 0.15) is 5.60 Å². The highest BCUT2D eigenvalue weighted by atomic mass is 16.6. The fraction of sp³-hybridized carbons (Fsp3) is 0.857. The van der Waals surface area contributed by atoms with Gasteiger partial charge in [-0.25, -0.2) is 4.79 Å². The summed E-state index contributed by atoms with van der Waals surface area (Å²) in [5.74, 6) is 0.0809. The van der Waals surface area contributed by atoms with Gasteiger partial charge in [-0.1, -0.05) is 6.92 Å². The first-order valence-corrected chi connectivity index (χ1v) is 7.29. The van der Waals surface area contributed by atoms with Gasteiger partial charge in [0.25, 0.3) is 0 Å². The van der Waals surface area contributed by atoms with E-state index in [4.69, 9.17) is 4.74 Å². The van der Waals surface area contributed by atoms with Crippen molar-refractivity contribution in [1.29, 1.82) is 0 Å². The molecule has 0 aliphatic carbocycles. The molecule has 0 bridgehead atoms. The van der Waals surface area contributed by atoms with Crippen LogP contribution in [0.15, 0.2) is 0 Å². The van der Waals surface area contributed by atoms with E-state index in [0.717, 1.165) is 19.6 Å². The number of nitrogens with zero attached hydrogens (tertiary/aromatic N) is 2. The Bertz CT molecular complexity index is 331. The maximum absolute atomic E-state index is 11.9. The minimum atomic E-state index is -0.446. The Morgan fingerprint density at radius 2 is 1.75 bits per heavy atom. The molecular weight excluding hydrogens is 258 g/mol. The summed E-state index contributed by atoms with van der Waals surface area (Å²) in [6, 6.07) is 0. The fourth-order valence-corrected chi connectivity index (χ4v) is 1.96. The second-order valence-corrected chi connectivity index (χ2v) is 6.01. The zero-order valence-electron chi connectivity index (χ0n) is 13.1. The van der Waals surface area contributed by atoms with E-state index in [1.807, 2.05) is 27.7 Å². The highest BCUT2D eigenvalue weighted by molar-refractivity contribution is 5.75. The van der Waals surface area contributed by atoms with E-state index in [2.05, 4.69) is 10.2 Å². The van der Waals surface area contributed by atoms with Gasteiger partial charge in [0, 0.05) is 45.7 Å². The minimum absolute atomic E-state index is 0.0809. The van der Waals surface area contributed by atoms with Gasteiger partial charge in [-0.2, -0.15) is 0 Å². The topological polar surface area (TPSA) is 61.9 Å². The van der Waals surface area contributed by atoms with E-state index in [1.54, 1.807) is 4.90 Å². The molecule has 0 unspecified atom stereocenters. The molecule has 2 amide bonds. The highest BCUT2D eigenvalue weighted by Crippen LogP contribution is 2.11. The maximum Gasteiger partial charge on any atom is 0.410 e. The molecule has 0 spiro atoms. The van der Waals surface area contributed by atoms with Crippen LogP contribution in [0.2, 0.25) is 0 Å². The molecule has 1 aliphatic heterocycles. The van der Waals surface area contributed by atoms with E-state index >= 15 is 0 Å². The second-order valence-electron chi connectivity index (χ2n) is 6.01. The SMILES string of the molecule is CCC(=O)NCCN1CCN(C(=O)OC(C)(C)C)CC1. The number of carbonyl (C=O) groups is 2. The van der Waals surface area contributed by atoms with Gasteiger partial charge in [0.15, 0.2) is 0 Å². The normalized spacial score (nSPS) is 16.9. The van der Waals surface area contributed by atoms with Crippen LogP contribution >= 0.6 is 0 Å². The molecule has 6 nitrogen and oxygen atoms in total. The first kappa shape index (κ1) is 16.8. The third kappa shape index (κ3) is 6.23. The van der Waals surface area contributed by atoms with E-state index in [1.165, 1.54) is 0 Å². The fourth-order valence-electron chi connectivity index (χ4n) is 1.96. The van der Waals surface area contributed by atoms with Crippen molar-refractivity contribution >= 4 is 12.0 Å². The van der Waals surface area contributed by atoms with Gasteiger partial charge in [-0.05, 0) is 20.8 Å². The highest BCUT2D eigenvalue weighted by Gasteiger charge is 2.25. The molecule has 1 N–H and O–H groups in total. The van der Waals surface area contributed by atoms with Gasteiger partial charge in [-0.3, -0.25) is 9.69 Å². The lowest BCUT2D eigenvalue weighted by Gasteiger charge is -2.35. The Morgan fingerprint density at radius 1 is 1.15 bits per heavy atom. The summed E-state index contributed by atoms with van der Waals surface area (Å²) in [4.78, 5) is 27.0. The predicted octanol–water partition coefficient (Wildman–Crippen LogP) is 1.07. The number of ether oxygens (including phenoxy) is 1. The summed E-state index contributed by atoms with van der Waals surface area (Å²) in [7, 11) is 0. The van der Waals surface area contributed by atoms with Crippen molar-refractivity contribution in [3.63, 3.8) is 0 Å². The Hall–Kier alpha value is -1.30. The quantitative estimate of drug-likeness (QED) is 0.839. The minimum Gasteiger partial charge on any atom is -0.444 e. The smallest absolute Gasteiger partial charge is 0.410 e. The second kappa shape index (κ2) is 7.47. The molecule has 0 saturated carbocycles. The van der Waals surface area contributed by atoms with Crippen LogP contribution in [0, 0.1) is 0 Å². The van der Waals surface area contributed by atoms with E-state index in [0.29, 0.717) is 26.1 Å². The summed E-state index contributed by atoms with van der Waals surface area (Å²) < 4.78 is 5.35. The lowest BCUT2D eigenvalue weighted by molar-refractivity contribution is -0.120. The van der Waals surface area contributed by atoms with Crippen LogP contribution < -0.4 is 5.32 Å². The molecular formula is C14H27N3O3. The van der Waals surface area contributed by atoms with Crippen molar-refractivity contribution in [3.8, 4) is 0 Å². The van der Waals surface area contributed by atoms with E-state index < -0.39 is 5.60 Å². The van der Waals surface area contributed by atoms with Crippen LogP contribution in [0.25, 0.3) is 0 Å². The Kier molecular flexibility index (Phi) is 6.26. The van der Waals surface area contributed by atoms with Crippen LogP contribution in [-0.2, 0) is 9.53 Å². The largest absolute Gasteiger partial charge is 0.444 e. The van der Waals surface area contributed by atoms with E-state index in [9.17, 15) is 9.59 Å². The monoisotopic (exact) mass is 285 g/mol. The van der Waals surface area contributed by atoms with Crippen LogP contribution in [0.1, 0.15) is 34.1 Å². The van der Waals surface area contributed by atoms with Crippen molar-refractivity contribution in [1.82, 2.24) is 15.1 Å². The van der Waals surface area contributed by atoms with Gasteiger partial charge in [0.2, 0.25) is 5.91 Å². The molecule has 116 valence electrons. The molecule has 6 heteroatoms. The zero-order valence-corrected chi connectivity index (χ0v) is 13.1. The number of piperazine rings is 1. The standard InChI is InChI=1S/C14H27N3O3/c1-5-12(18)15-6-7-16-8-10-17(11-9-16)13(19)20-14(2,3)4/h5-11H2,1-4H3,(H,15,18). The lowest BCUT2D eigenvalue weighted by Crippen LogP contribution is -2.51. The molecule has 1 saturated heterocycles. The molecule has 20 heavy (non-hydrogen) atoms. The molecule has 0 aromatic rings. The third-order valence-corrected chi connectivity index (χ3v) is 3.10. The predicted molar refractivity (Wildman–Crippen MR) is 77.5 cm³/mol. The maximum atomic E-state index is 11.9. The average molecular weight is 285 g/mol. The average Bonchev–Trinajstić information content (AvgIpc) is 2.37. The number of hydrogen-bond donors (Lipinski definition) is 1. The van der Waals surface area contributed by atoms with Gasteiger partial charge in [0.05, 0.1) is 0 Å². The Labute approximate surface area is 121 Å². The number of amides is 2. The summed E-state index contributed by atoms with van der Waals surface area (Å²) in [5, 5.41) is 2.86. The van der Waals surface area contributed by atoms with Gasteiger partial charge < -0.3 is 15.0 Å². The third-order valence-electron chi connectivity index (χ3n) is 3.10. The van der Waals surface area contributed by atoms with Crippen molar-refractivity contribution in [2.45, 2.75) is 39.7 Å². The number of nitrogens with one attached hydrogen (secondary N) is 1. The van der Waals surface area contributed by atoms with Crippen molar-refractivity contribution < 1.29 is 14.3 Å². The summed E-state index contributed by atoms with van der Waals surface area (Å²) in [6.07, 6.45) is 0.281. The van der Waals surface area contributed by atoms with Crippen LogP contribution in [0.5, 0.6) is 0 Å². The first-order valence-electron chi connectivity index (χ1n) is 7.29. The van der Waals surface area contributed by atoms with Crippen molar-refractivity contribution in [2.24, 2.45) is 0 Å². The van der Waals surface area contributed by atoms with Crippen LogP contribution in [0.3, 0.4) is 0 Å². The van der Waals surface area contributed by atoms with E-state index in [-0.39, 0.29) is 12.0 Å².